The minimum Gasteiger partial charge on any atom is -0.464 e. The first-order valence-corrected chi connectivity index (χ1v) is 7.86. The number of esters is 1. The van der Waals surface area contributed by atoms with Crippen molar-refractivity contribution in [3.63, 3.8) is 0 Å². The lowest BCUT2D eigenvalue weighted by atomic mass is 10.1. The highest BCUT2D eigenvalue weighted by molar-refractivity contribution is 5.93. The second kappa shape index (κ2) is 7.57. The Labute approximate surface area is 140 Å². The molecule has 122 valence electrons. The molecule has 24 heavy (non-hydrogen) atoms. The van der Waals surface area contributed by atoms with Crippen molar-refractivity contribution in [2.24, 2.45) is 0 Å². The van der Waals surface area contributed by atoms with Crippen LogP contribution >= 0.6 is 0 Å². The zero-order valence-corrected chi connectivity index (χ0v) is 13.4. The van der Waals surface area contributed by atoms with Crippen LogP contribution in [-0.2, 0) is 9.53 Å². The minimum absolute atomic E-state index is 0.318. The number of anilines is 1. The van der Waals surface area contributed by atoms with Gasteiger partial charge in [0.05, 0.1) is 18.0 Å². The van der Waals surface area contributed by atoms with Crippen LogP contribution in [0, 0.1) is 0 Å². The van der Waals surface area contributed by atoms with E-state index in [1.54, 1.807) is 19.2 Å². The monoisotopic (exact) mass is 321 g/mol. The number of hydrazine groups is 1. The Bertz CT molecular complexity index is 816. The van der Waals surface area contributed by atoms with Gasteiger partial charge < -0.3 is 10.2 Å². The largest absolute Gasteiger partial charge is 0.464 e. The van der Waals surface area contributed by atoms with E-state index >= 15 is 0 Å². The molecule has 1 aromatic heterocycles. The number of fused-ring (bicyclic) bond motifs is 1. The van der Waals surface area contributed by atoms with Crippen LogP contribution in [0.1, 0.15) is 18.7 Å². The number of pyridine rings is 1. The maximum atomic E-state index is 12.3. The first-order valence-electron chi connectivity index (χ1n) is 7.86. The summed E-state index contributed by atoms with van der Waals surface area (Å²) in [5, 5.41) is 2.19. The van der Waals surface area contributed by atoms with Crippen LogP contribution in [0.25, 0.3) is 10.8 Å². The lowest BCUT2D eigenvalue weighted by molar-refractivity contribution is -0.145. The lowest BCUT2D eigenvalue weighted by Gasteiger charge is -2.19. The number of nitrogens with zero attached hydrogens (tertiary/aromatic N) is 1. The van der Waals surface area contributed by atoms with Crippen LogP contribution < -0.4 is 10.9 Å². The van der Waals surface area contributed by atoms with E-state index in [-0.39, 0.29) is 5.97 Å². The third-order valence-corrected chi connectivity index (χ3v) is 3.65. The molecule has 1 unspecified atom stereocenters. The molecule has 0 aliphatic carbocycles. The van der Waals surface area contributed by atoms with Gasteiger partial charge in [0.1, 0.15) is 0 Å². The lowest BCUT2D eigenvalue weighted by Crippen LogP contribution is -2.35. The highest BCUT2D eigenvalue weighted by atomic mass is 16.5. The van der Waals surface area contributed by atoms with Gasteiger partial charge in [-0.25, -0.2) is 10.2 Å². The summed E-state index contributed by atoms with van der Waals surface area (Å²) in [7, 11) is 0. The smallest absolute Gasteiger partial charge is 0.331 e. The Morgan fingerprint density at radius 2 is 1.88 bits per heavy atom. The van der Waals surface area contributed by atoms with Crippen LogP contribution in [-0.4, -0.2) is 17.6 Å². The van der Waals surface area contributed by atoms with Gasteiger partial charge in [-0.1, -0.05) is 42.5 Å². The molecule has 0 bridgehead atoms. The molecule has 0 saturated heterocycles. The molecule has 0 saturated carbocycles. The molecule has 2 N–H and O–H groups in total. The molecule has 0 aliphatic heterocycles. The van der Waals surface area contributed by atoms with Gasteiger partial charge in [-0.05, 0) is 30.5 Å². The van der Waals surface area contributed by atoms with Gasteiger partial charge in [-0.3, -0.25) is 4.98 Å². The molecule has 5 heteroatoms. The van der Waals surface area contributed by atoms with Crippen LogP contribution in [0.2, 0.25) is 0 Å². The van der Waals surface area contributed by atoms with Gasteiger partial charge in [-0.2, -0.15) is 0 Å². The fourth-order valence-electron chi connectivity index (χ4n) is 2.51. The number of nitrogens with one attached hydrogen (secondary N) is 2. The fraction of sp³-hybridized carbons (Fsp3) is 0.158. The third-order valence-electron chi connectivity index (χ3n) is 3.65. The summed E-state index contributed by atoms with van der Waals surface area (Å²) >= 11 is 0. The average molecular weight is 321 g/mol. The summed E-state index contributed by atoms with van der Waals surface area (Å²) < 4.78 is 5.15. The number of carbonyl (C=O) groups is 1. The molecule has 0 radical (unpaired) electrons. The van der Waals surface area contributed by atoms with Crippen LogP contribution in [0.5, 0.6) is 0 Å². The Morgan fingerprint density at radius 3 is 2.67 bits per heavy atom. The summed E-state index contributed by atoms with van der Waals surface area (Å²) in [4.78, 5) is 16.5. The van der Waals surface area contributed by atoms with Gasteiger partial charge in [-0.15, -0.1) is 0 Å². The molecule has 2 aromatic carbocycles. The zero-order chi connectivity index (χ0) is 16.8. The number of hydrogen-bond acceptors (Lipinski definition) is 5. The standard InChI is InChI=1S/C19H19N3O2/c1-2-24-19(23)18(17-11-5-6-13-20-17)22-21-16-12-7-9-14-8-3-4-10-15(14)16/h3-13,18,21-22H,2H2,1H3. The van der Waals surface area contributed by atoms with Crippen molar-refractivity contribution in [2.75, 3.05) is 12.0 Å². The highest BCUT2D eigenvalue weighted by Crippen LogP contribution is 2.23. The zero-order valence-electron chi connectivity index (χ0n) is 13.4. The normalized spacial score (nSPS) is 11.9. The maximum Gasteiger partial charge on any atom is 0.331 e. The maximum absolute atomic E-state index is 12.3. The van der Waals surface area contributed by atoms with Crippen molar-refractivity contribution >= 4 is 22.4 Å². The summed E-state index contributed by atoms with van der Waals surface area (Å²) in [6.07, 6.45) is 1.65. The van der Waals surface area contributed by atoms with Crippen molar-refractivity contribution < 1.29 is 9.53 Å². The van der Waals surface area contributed by atoms with Gasteiger partial charge in [0.2, 0.25) is 0 Å². The summed E-state index contributed by atoms with van der Waals surface area (Å²) in [5.74, 6) is -0.371. The molecule has 0 amide bonds. The SMILES string of the molecule is CCOC(=O)C(NNc1cccc2ccccc12)c1ccccn1. The predicted octanol–water partition coefficient (Wildman–Crippen LogP) is 3.46. The Kier molecular flexibility index (Phi) is 5.03. The van der Waals surface area contributed by atoms with Crippen molar-refractivity contribution in [1.82, 2.24) is 10.4 Å². The van der Waals surface area contributed by atoms with E-state index in [9.17, 15) is 4.79 Å². The number of hydrogen-bond donors (Lipinski definition) is 2. The second-order valence-corrected chi connectivity index (χ2v) is 5.24. The van der Waals surface area contributed by atoms with Gasteiger partial charge in [0.15, 0.2) is 6.04 Å². The number of carbonyl (C=O) groups excluding carboxylic acids is 1. The van der Waals surface area contributed by atoms with Gasteiger partial charge in [0, 0.05) is 11.6 Å². The van der Waals surface area contributed by atoms with E-state index in [0.29, 0.717) is 12.3 Å². The summed E-state index contributed by atoms with van der Waals surface area (Å²) in [6.45, 7) is 2.10. The van der Waals surface area contributed by atoms with Gasteiger partial charge >= 0.3 is 5.97 Å². The molecule has 3 aromatic rings. The molecular weight excluding hydrogens is 302 g/mol. The Balaban J connectivity index is 1.84. The Hall–Kier alpha value is -2.92. The predicted molar refractivity (Wildman–Crippen MR) is 94.3 cm³/mol. The van der Waals surface area contributed by atoms with E-state index in [1.807, 2.05) is 54.6 Å². The molecule has 1 atom stereocenters. The third kappa shape index (κ3) is 3.52. The first-order chi connectivity index (χ1) is 11.8. The molecule has 1 heterocycles. The summed E-state index contributed by atoms with van der Waals surface area (Å²) in [5.41, 5.74) is 7.66. The quantitative estimate of drug-likeness (QED) is 0.538. The van der Waals surface area contributed by atoms with Crippen molar-refractivity contribution in [2.45, 2.75) is 13.0 Å². The molecule has 0 spiro atoms. The van der Waals surface area contributed by atoms with E-state index in [2.05, 4.69) is 15.8 Å². The second-order valence-electron chi connectivity index (χ2n) is 5.24. The van der Waals surface area contributed by atoms with Crippen molar-refractivity contribution in [3.05, 3.63) is 72.6 Å². The molecule has 0 fully saturated rings. The molecule has 5 nitrogen and oxygen atoms in total. The Morgan fingerprint density at radius 1 is 1.08 bits per heavy atom. The number of aromatic nitrogens is 1. The molecule has 3 rings (SSSR count). The highest BCUT2D eigenvalue weighted by Gasteiger charge is 2.22. The van der Waals surface area contributed by atoms with E-state index in [4.69, 9.17) is 4.74 Å². The van der Waals surface area contributed by atoms with Crippen LogP contribution in [0.4, 0.5) is 5.69 Å². The summed E-state index contributed by atoms with van der Waals surface area (Å²) in [6, 6.07) is 18.8. The van der Waals surface area contributed by atoms with Crippen LogP contribution in [0.3, 0.4) is 0 Å². The van der Waals surface area contributed by atoms with Crippen molar-refractivity contribution in [3.8, 4) is 0 Å². The van der Waals surface area contributed by atoms with E-state index in [0.717, 1.165) is 16.5 Å². The topological polar surface area (TPSA) is 63.2 Å². The fourth-order valence-corrected chi connectivity index (χ4v) is 2.51. The van der Waals surface area contributed by atoms with Crippen molar-refractivity contribution in [1.29, 1.82) is 0 Å². The number of ether oxygens (including phenoxy) is 1. The van der Waals surface area contributed by atoms with E-state index in [1.165, 1.54) is 0 Å². The van der Waals surface area contributed by atoms with Crippen LogP contribution in [0.15, 0.2) is 66.9 Å². The number of rotatable bonds is 6. The molecular formula is C19H19N3O2. The first kappa shape index (κ1) is 16.0. The molecule has 0 aliphatic rings. The van der Waals surface area contributed by atoms with Gasteiger partial charge in [0.25, 0.3) is 0 Å². The minimum atomic E-state index is -0.690. The number of benzene rings is 2. The average Bonchev–Trinajstić information content (AvgIpc) is 2.63. The van der Waals surface area contributed by atoms with E-state index < -0.39 is 6.04 Å².